The van der Waals surface area contributed by atoms with E-state index >= 15 is 0 Å². The molecule has 106 valence electrons. The lowest BCUT2D eigenvalue weighted by Gasteiger charge is -2.13. The molecule has 0 bridgehead atoms. The summed E-state index contributed by atoms with van der Waals surface area (Å²) in [6.45, 7) is 3.90. The van der Waals surface area contributed by atoms with Gasteiger partial charge in [0.25, 0.3) is 0 Å². The van der Waals surface area contributed by atoms with Gasteiger partial charge in [0.15, 0.2) is 9.84 Å². The fraction of sp³-hybridized carbons (Fsp3) is 0.462. The minimum Gasteiger partial charge on any atom is -0.478 e. The molecule has 1 N–H and O–H groups in total. The van der Waals surface area contributed by atoms with Crippen molar-refractivity contribution in [2.24, 2.45) is 5.92 Å². The standard InChI is InChI=1S/C13H17BrO4S/c1-3-9(4-2)8-19(17,18)10-5-6-12(14)11(7-10)13(15)16/h5-7,9H,3-4,8H2,1-2H3,(H,15,16). The van der Waals surface area contributed by atoms with Crippen LogP contribution in [0.3, 0.4) is 0 Å². The summed E-state index contributed by atoms with van der Waals surface area (Å²) in [5, 5.41) is 9.01. The van der Waals surface area contributed by atoms with E-state index in [9.17, 15) is 13.2 Å². The second kappa shape index (κ2) is 6.52. The first kappa shape index (κ1) is 16.2. The molecule has 1 aromatic carbocycles. The molecular formula is C13H17BrO4S. The third-order valence-electron chi connectivity index (χ3n) is 3.14. The predicted molar refractivity (Wildman–Crippen MR) is 77.2 cm³/mol. The van der Waals surface area contributed by atoms with Gasteiger partial charge in [-0.05, 0) is 40.0 Å². The maximum absolute atomic E-state index is 12.2. The third kappa shape index (κ3) is 4.04. The van der Waals surface area contributed by atoms with E-state index in [4.69, 9.17) is 5.11 Å². The van der Waals surface area contributed by atoms with Crippen LogP contribution in [0.2, 0.25) is 0 Å². The Morgan fingerprint density at radius 1 is 1.32 bits per heavy atom. The fourth-order valence-corrected chi connectivity index (χ4v) is 4.07. The molecule has 1 aromatic rings. The number of carboxylic acids is 1. The lowest BCUT2D eigenvalue weighted by atomic mass is 10.1. The average molecular weight is 349 g/mol. The Bertz CT molecular complexity index is 562. The largest absolute Gasteiger partial charge is 0.478 e. The molecule has 6 heteroatoms. The van der Waals surface area contributed by atoms with Crippen molar-refractivity contribution < 1.29 is 18.3 Å². The zero-order valence-electron chi connectivity index (χ0n) is 10.9. The molecule has 0 saturated heterocycles. The van der Waals surface area contributed by atoms with Crippen molar-refractivity contribution in [3.63, 3.8) is 0 Å². The number of halogens is 1. The van der Waals surface area contributed by atoms with Crippen LogP contribution in [0.4, 0.5) is 0 Å². The van der Waals surface area contributed by atoms with Crippen LogP contribution < -0.4 is 0 Å². The minimum absolute atomic E-state index is 0.0365. The topological polar surface area (TPSA) is 71.4 Å². The summed E-state index contributed by atoms with van der Waals surface area (Å²) in [7, 11) is -3.44. The Hall–Kier alpha value is -0.880. The van der Waals surface area contributed by atoms with Crippen molar-refractivity contribution in [1.82, 2.24) is 0 Å². The fourth-order valence-electron chi connectivity index (χ4n) is 1.79. The molecular weight excluding hydrogens is 332 g/mol. The molecule has 0 aliphatic rings. The molecule has 0 atom stereocenters. The van der Waals surface area contributed by atoms with Crippen LogP contribution in [0.1, 0.15) is 37.0 Å². The summed E-state index contributed by atoms with van der Waals surface area (Å²) in [6.07, 6.45) is 1.58. The first-order valence-corrected chi connectivity index (χ1v) is 8.52. The SMILES string of the molecule is CCC(CC)CS(=O)(=O)c1ccc(Br)c(C(=O)O)c1. The summed E-state index contributed by atoms with van der Waals surface area (Å²) >= 11 is 3.10. The third-order valence-corrected chi connectivity index (χ3v) is 5.71. The molecule has 0 saturated carbocycles. The van der Waals surface area contributed by atoms with Gasteiger partial charge in [0, 0.05) is 4.47 Å². The van der Waals surface area contributed by atoms with E-state index in [1.54, 1.807) is 0 Å². The van der Waals surface area contributed by atoms with Crippen molar-refractivity contribution in [2.45, 2.75) is 31.6 Å². The molecule has 0 spiro atoms. The summed E-state index contributed by atoms with van der Waals surface area (Å²) in [5.74, 6) is -0.992. The maximum atomic E-state index is 12.2. The number of hydrogen-bond donors (Lipinski definition) is 1. The second-order valence-corrected chi connectivity index (χ2v) is 7.30. The molecule has 0 radical (unpaired) electrons. The van der Waals surface area contributed by atoms with Gasteiger partial charge in [-0.2, -0.15) is 0 Å². The van der Waals surface area contributed by atoms with Gasteiger partial charge in [-0.15, -0.1) is 0 Å². The van der Waals surface area contributed by atoms with Gasteiger partial charge in [-0.3, -0.25) is 0 Å². The van der Waals surface area contributed by atoms with E-state index < -0.39 is 15.8 Å². The van der Waals surface area contributed by atoms with Gasteiger partial charge < -0.3 is 5.11 Å². The zero-order valence-corrected chi connectivity index (χ0v) is 13.3. The number of rotatable bonds is 6. The molecule has 0 fully saturated rings. The van der Waals surface area contributed by atoms with Gasteiger partial charge in [0.2, 0.25) is 0 Å². The molecule has 0 aliphatic heterocycles. The van der Waals surface area contributed by atoms with Crippen molar-refractivity contribution in [1.29, 1.82) is 0 Å². The molecule has 0 amide bonds. The summed E-state index contributed by atoms with van der Waals surface area (Å²) < 4.78 is 24.9. The van der Waals surface area contributed by atoms with Gasteiger partial charge in [0.1, 0.15) is 0 Å². The first-order valence-electron chi connectivity index (χ1n) is 6.07. The van der Waals surface area contributed by atoms with Gasteiger partial charge in [-0.1, -0.05) is 26.7 Å². The first-order chi connectivity index (χ1) is 8.81. The molecule has 0 aromatic heterocycles. The van der Waals surface area contributed by atoms with Gasteiger partial charge >= 0.3 is 5.97 Å². The monoisotopic (exact) mass is 348 g/mol. The second-order valence-electron chi connectivity index (χ2n) is 4.41. The van der Waals surface area contributed by atoms with Crippen LogP contribution in [-0.4, -0.2) is 25.2 Å². The Kier molecular flexibility index (Phi) is 5.55. The van der Waals surface area contributed by atoms with E-state index in [2.05, 4.69) is 15.9 Å². The van der Waals surface area contributed by atoms with E-state index in [0.29, 0.717) is 4.47 Å². The molecule has 0 heterocycles. The zero-order chi connectivity index (χ0) is 14.6. The van der Waals surface area contributed by atoms with Crippen LogP contribution in [0, 0.1) is 5.92 Å². The van der Waals surface area contributed by atoms with Crippen molar-refractivity contribution in [3.05, 3.63) is 28.2 Å². The Morgan fingerprint density at radius 2 is 1.89 bits per heavy atom. The molecule has 19 heavy (non-hydrogen) atoms. The van der Waals surface area contributed by atoms with Gasteiger partial charge in [-0.25, -0.2) is 13.2 Å². The average Bonchev–Trinajstić information content (AvgIpc) is 2.35. The molecule has 0 aliphatic carbocycles. The number of carboxylic acid groups (broad SMARTS) is 1. The Labute approximate surface area is 121 Å². The number of sulfone groups is 1. The van der Waals surface area contributed by atoms with Crippen molar-refractivity contribution >= 4 is 31.7 Å². The van der Waals surface area contributed by atoms with Crippen LogP contribution in [0.5, 0.6) is 0 Å². The van der Waals surface area contributed by atoms with Crippen LogP contribution in [0.15, 0.2) is 27.6 Å². The normalized spacial score (nSPS) is 11.8. The van der Waals surface area contributed by atoms with Crippen LogP contribution in [0.25, 0.3) is 0 Å². The molecule has 1 rings (SSSR count). The minimum atomic E-state index is -3.44. The molecule has 0 unspecified atom stereocenters. The van der Waals surface area contributed by atoms with Crippen LogP contribution in [-0.2, 0) is 9.84 Å². The van der Waals surface area contributed by atoms with Gasteiger partial charge in [0.05, 0.1) is 16.2 Å². The maximum Gasteiger partial charge on any atom is 0.336 e. The lowest BCUT2D eigenvalue weighted by molar-refractivity contribution is 0.0695. The number of carbonyl (C=O) groups is 1. The van der Waals surface area contributed by atoms with E-state index in [-0.39, 0.29) is 22.1 Å². The number of benzene rings is 1. The predicted octanol–water partition coefficient (Wildman–Crippen LogP) is 3.36. The highest BCUT2D eigenvalue weighted by Gasteiger charge is 2.21. The summed E-state index contributed by atoms with van der Waals surface area (Å²) in [5.41, 5.74) is -0.0365. The lowest BCUT2D eigenvalue weighted by Crippen LogP contribution is -2.16. The van der Waals surface area contributed by atoms with Crippen molar-refractivity contribution in [3.8, 4) is 0 Å². The van der Waals surface area contributed by atoms with E-state index in [1.165, 1.54) is 18.2 Å². The Morgan fingerprint density at radius 3 is 2.37 bits per heavy atom. The quantitative estimate of drug-likeness (QED) is 0.855. The highest BCUT2D eigenvalue weighted by atomic mass is 79.9. The summed E-state index contributed by atoms with van der Waals surface area (Å²) in [4.78, 5) is 11.1. The highest BCUT2D eigenvalue weighted by molar-refractivity contribution is 9.10. The highest BCUT2D eigenvalue weighted by Crippen LogP contribution is 2.24. The number of hydrogen-bond acceptors (Lipinski definition) is 3. The smallest absolute Gasteiger partial charge is 0.336 e. The van der Waals surface area contributed by atoms with E-state index in [0.717, 1.165) is 12.8 Å². The Balaban J connectivity index is 3.15. The summed E-state index contributed by atoms with van der Waals surface area (Å²) in [6, 6.07) is 4.11. The molecule has 4 nitrogen and oxygen atoms in total. The van der Waals surface area contributed by atoms with Crippen molar-refractivity contribution in [2.75, 3.05) is 5.75 Å². The van der Waals surface area contributed by atoms with E-state index in [1.807, 2.05) is 13.8 Å². The van der Waals surface area contributed by atoms with Crippen LogP contribution >= 0.6 is 15.9 Å². The number of aromatic carboxylic acids is 1.